The van der Waals surface area contributed by atoms with Crippen LogP contribution in [0.1, 0.15) is 45.8 Å². The SMILES string of the molecule is CC1(C)[C@]2(O)[C@@H](CO)O[C@@H](n3cnc4c(NC5CCCC5)nc(Cl)nc43)[C@]12O. The Morgan fingerprint density at radius 2 is 1.96 bits per heavy atom. The van der Waals surface area contributed by atoms with Crippen LogP contribution < -0.4 is 5.32 Å². The van der Waals surface area contributed by atoms with Gasteiger partial charge in [-0.3, -0.25) is 4.57 Å². The standard InChI is InChI=1S/C18H24ClN5O4/c1-16(2)17(26)10(7-25)28-14(18(16,17)27)24-8-20-11-12(21-9-5-3-4-6-9)22-15(19)23-13(11)24/h8-10,14,25-27H,3-7H2,1-2H3,(H,21,22,23)/t10-,14-,17-,18+/m1/s1. The van der Waals surface area contributed by atoms with E-state index in [4.69, 9.17) is 16.3 Å². The van der Waals surface area contributed by atoms with E-state index in [1.54, 1.807) is 18.4 Å². The number of rotatable bonds is 4. The van der Waals surface area contributed by atoms with E-state index in [9.17, 15) is 15.3 Å². The van der Waals surface area contributed by atoms with E-state index in [2.05, 4.69) is 20.3 Å². The van der Waals surface area contributed by atoms with Gasteiger partial charge in [-0.05, 0) is 24.4 Å². The monoisotopic (exact) mass is 409 g/mol. The highest BCUT2D eigenvalue weighted by Gasteiger charge is 2.92. The fourth-order valence-electron chi connectivity index (χ4n) is 5.26. The molecule has 0 amide bonds. The second kappa shape index (κ2) is 5.76. The molecular formula is C18H24ClN5O4. The molecule has 0 bridgehead atoms. The van der Waals surface area contributed by atoms with Crippen LogP contribution in [0.4, 0.5) is 5.82 Å². The predicted octanol–water partition coefficient (Wildman–Crippen LogP) is 1.23. The number of fused-ring (bicyclic) bond motifs is 2. The second-order valence-electron chi connectivity index (χ2n) is 8.61. The molecule has 28 heavy (non-hydrogen) atoms. The van der Waals surface area contributed by atoms with Crippen molar-refractivity contribution in [2.75, 3.05) is 11.9 Å². The van der Waals surface area contributed by atoms with Gasteiger partial charge in [0.1, 0.15) is 17.3 Å². The third-order valence-electron chi connectivity index (χ3n) is 7.05. The molecular weight excluding hydrogens is 386 g/mol. The lowest BCUT2D eigenvalue weighted by molar-refractivity contribution is -0.123. The van der Waals surface area contributed by atoms with Crippen LogP contribution in [-0.4, -0.2) is 64.8 Å². The van der Waals surface area contributed by atoms with Crippen LogP contribution in [0.3, 0.4) is 0 Å². The van der Waals surface area contributed by atoms with Gasteiger partial charge in [-0.2, -0.15) is 9.97 Å². The highest BCUT2D eigenvalue weighted by Crippen LogP contribution is 2.75. The maximum Gasteiger partial charge on any atom is 0.226 e. The maximum atomic E-state index is 11.3. The van der Waals surface area contributed by atoms with Gasteiger partial charge in [0, 0.05) is 11.5 Å². The topological polar surface area (TPSA) is 126 Å². The van der Waals surface area contributed by atoms with E-state index < -0.39 is 35.6 Å². The van der Waals surface area contributed by atoms with Gasteiger partial charge in [0.2, 0.25) is 5.28 Å². The van der Waals surface area contributed by atoms with Crippen molar-refractivity contribution >= 4 is 28.6 Å². The zero-order valence-corrected chi connectivity index (χ0v) is 16.5. The van der Waals surface area contributed by atoms with E-state index in [-0.39, 0.29) is 5.28 Å². The normalized spacial score (nSPS) is 36.8. The molecule has 4 atom stereocenters. The molecule has 5 rings (SSSR count). The van der Waals surface area contributed by atoms with Crippen LogP contribution in [0.2, 0.25) is 5.28 Å². The number of nitrogens with zero attached hydrogens (tertiary/aromatic N) is 4. The van der Waals surface area contributed by atoms with Crippen molar-refractivity contribution in [2.45, 2.75) is 69.1 Å². The summed E-state index contributed by atoms with van der Waals surface area (Å²) in [4.78, 5) is 13.0. The van der Waals surface area contributed by atoms with Crippen molar-refractivity contribution in [3.05, 3.63) is 11.6 Å². The van der Waals surface area contributed by atoms with Crippen molar-refractivity contribution in [1.29, 1.82) is 0 Å². The zero-order valence-electron chi connectivity index (χ0n) is 15.8. The molecule has 0 spiro atoms. The molecule has 1 aliphatic heterocycles. The largest absolute Gasteiger partial charge is 0.394 e. The lowest BCUT2D eigenvalue weighted by Crippen LogP contribution is -2.36. The number of halogens is 1. The van der Waals surface area contributed by atoms with Crippen molar-refractivity contribution in [2.24, 2.45) is 5.41 Å². The molecule has 0 aromatic carbocycles. The number of aliphatic hydroxyl groups excluding tert-OH is 1. The van der Waals surface area contributed by atoms with E-state index in [1.165, 1.54) is 19.2 Å². The molecule has 2 aromatic heterocycles. The molecule has 3 heterocycles. The Kier molecular flexibility index (Phi) is 3.81. The molecule has 4 N–H and O–H groups in total. The van der Waals surface area contributed by atoms with Gasteiger partial charge in [0.15, 0.2) is 23.2 Å². The molecule has 1 saturated heterocycles. The van der Waals surface area contributed by atoms with Crippen LogP contribution in [0.15, 0.2) is 6.33 Å². The van der Waals surface area contributed by atoms with Gasteiger partial charge < -0.3 is 25.4 Å². The average Bonchev–Trinajstić information content (AvgIpc) is 3.22. The summed E-state index contributed by atoms with van der Waals surface area (Å²) in [6.07, 6.45) is 4.11. The molecule has 2 aromatic rings. The number of ether oxygens (including phenoxy) is 1. The molecule has 2 aliphatic carbocycles. The first-order chi connectivity index (χ1) is 13.3. The minimum Gasteiger partial charge on any atom is -0.394 e. The van der Waals surface area contributed by atoms with E-state index >= 15 is 0 Å². The fraction of sp³-hybridized carbons (Fsp3) is 0.722. The highest BCUT2D eigenvalue weighted by atomic mass is 35.5. The fourth-order valence-corrected chi connectivity index (χ4v) is 5.43. The van der Waals surface area contributed by atoms with Crippen molar-refractivity contribution in [1.82, 2.24) is 19.5 Å². The highest BCUT2D eigenvalue weighted by molar-refractivity contribution is 6.28. The number of aromatic nitrogens is 4. The number of hydrogen-bond acceptors (Lipinski definition) is 8. The van der Waals surface area contributed by atoms with E-state index in [0.717, 1.165) is 12.8 Å². The summed E-state index contributed by atoms with van der Waals surface area (Å²) in [6.45, 7) is 3.09. The van der Waals surface area contributed by atoms with Gasteiger partial charge in [-0.15, -0.1) is 0 Å². The van der Waals surface area contributed by atoms with Crippen molar-refractivity contribution < 1.29 is 20.1 Å². The van der Waals surface area contributed by atoms with Gasteiger partial charge in [0.25, 0.3) is 0 Å². The predicted molar refractivity (Wildman–Crippen MR) is 101 cm³/mol. The Morgan fingerprint density at radius 1 is 1.25 bits per heavy atom. The molecule has 3 fully saturated rings. The number of imidazole rings is 1. The van der Waals surface area contributed by atoms with Gasteiger partial charge in [-0.25, -0.2) is 4.98 Å². The summed E-state index contributed by atoms with van der Waals surface area (Å²) >= 11 is 6.17. The summed E-state index contributed by atoms with van der Waals surface area (Å²) in [5.41, 5.74) is -3.08. The number of nitrogens with one attached hydrogen (secondary N) is 1. The molecule has 152 valence electrons. The summed E-state index contributed by atoms with van der Waals surface area (Å²) < 4.78 is 7.40. The molecule has 9 nitrogen and oxygen atoms in total. The first-order valence-corrected chi connectivity index (χ1v) is 10.0. The minimum absolute atomic E-state index is 0.0590. The second-order valence-corrected chi connectivity index (χ2v) is 8.95. The summed E-state index contributed by atoms with van der Waals surface area (Å²) in [5.74, 6) is 0.551. The van der Waals surface area contributed by atoms with Crippen LogP contribution in [-0.2, 0) is 4.74 Å². The van der Waals surface area contributed by atoms with Crippen LogP contribution in [0.5, 0.6) is 0 Å². The van der Waals surface area contributed by atoms with Crippen LogP contribution in [0.25, 0.3) is 11.2 Å². The third-order valence-corrected chi connectivity index (χ3v) is 7.22. The Hall–Kier alpha value is -1.52. The van der Waals surface area contributed by atoms with Gasteiger partial charge >= 0.3 is 0 Å². The molecule has 0 unspecified atom stereocenters. The summed E-state index contributed by atoms with van der Waals surface area (Å²) in [5, 5.41) is 35.4. The lowest BCUT2D eigenvalue weighted by Gasteiger charge is -2.27. The molecule has 3 aliphatic rings. The lowest BCUT2D eigenvalue weighted by atomic mass is 10.0. The molecule has 10 heteroatoms. The van der Waals surface area contributed by atoms with Gasteiger partial charge in [0.05, 0.1) is 12.9 Å². The van der Waals surface area contributed by atoms with E-state index in [0.29, 0.717) is 23.0 Å². The Bertz CT molecular complexity index is 945. The number of aliphatic hydroxyl groups is 3. The quantitative estimate of drug-likeness (QED) is 0.555. The first-order valence-electron chi connectivity index (χ1n) is 9.63. The summed E-state index contributed by atoms with van der Waals surface area (Å²) in [6, 6.07) is 0.317. The summed E-state index contributed by atoms with van der Waals surface area (Å²) in [7, 11) is 0. The van der Waals surface area contributed by atoms with Crippen LogP contribution in [0, 0.1) is 5.41 Å². The smallest absolute Gasteiger partial charge is 0.226 e. The Labute approximate surface area is 166 Å². The Balaban J connectivity index is 1.58. The van der Waals surface area contributed by atoms with Crippen molar-refractivity contribution in [3.63, 3.8) is 0 Å². The third kappa shape index (κ3) is 2.03. The van der Waals surface area contributed by atoms with E-state index in [1.807, 2.05) is 0 Å². The molecule has 0 radical (unpaired) electrons. The van der Waals surface area contributed by atoms with Crippen molar-refractivity contribution in [3.8, 4) is 0 Å². The maximum absolute atomic E-state index is 11.3. The molecule has 2 saturated carbocycles. The van der Waals surface area contributed by atoms with Gasteiger partial charge in [-0.1, -0.05) is 26.7 Å². The average molecular weight is 410 g/mol. The first kappa shape index (κ1) is 18.5. The number of anilines is 1. The Morgan fingerprint density at radius 3 is 2.61 bits per heavy atom. The minimum atomic E-state index is -1.59. The number of hydrogen-bond donors (Lipinski definition) is 4. The van der Waals surface area contributed by atoms with Crippen LogP contribution >= 0.6 is 11.6 Å². The zero-order chi connectivity index (χ0) is 19.9.